The zero-order chi connectivity index (χ0) is 14.3. The molecule has 1 N–H and O–H groups in total. The fourth-order valence-electron chi connectivity index (χ4n) is 2.07. The molecule has 0 bridgehead atoms. The number of hydrogen-bond acceptors (Lipinski definition) is 3. The Kier molecular flexibility index (Phi) is 7.06. The van der Waals surface area contributed by atoms with E-state index in [0.29, 0.717) is 18.5 Å². The SMILES string of the molecule is COC(CNC(C)c1ccc(CC(C)C)cc1)OC. The third-order valence-corrected chi connectivity index (χ3v) is 3.24. The average Bonchev–Trinajstić information content (AvgIpc) is 2.39. The van der Waals surface area contributed by atoms with Crippen LogP contribution in [0.4, 0.5) is 0 Å². The van der Waals surface area contributed by atoms with E-state index < -0.39 is 0 Å². The van der Waals surface area contributed by atoms with E-state index in [-0.39, 0.29) is 6.29 Å². The van der Waals surface area contributed by atoms with Crippen molar-refractivity contribution in [3.05, 3.63) is 35.4 Å². The van der Waals surface area contributed by atoms with Crippen LogP contribution in [0.5, 0.6) is 0 Å². The third kappa shape index (κ3) is 5.72. The van der Waals surface area contributed by atoms with Crippen LogP contribution in [0, 0.1) is 5.92 Å². The van der Waals surface area contributed by atoms with Crippen molar-refractivity contribution in [1.82, 2.24) is 5.32 Å². The van der Waals surface area contributed by atoms with E-state index in [0.717, 1.165) is 6.42 Å². The maximum Gasteiger partial charge on any atom is 0.169 e. The molecule has 0 aliphatic rings. The number of methoxy groups -OCH3 is 2. The summed E-state index contributed by atoms with van der Waals surface area (Å²) < 4.78 is 10.3. The van der Waals surface area contributed by atoms with E-state index in [2.05, 4.69) is 50.4 Å². The number of rotatable bonds is 8. The molecule has 19 heavy (non-hydrogen) atoms. The Morgan fingerprint density at radius 1 is 1.00 bits per heavy atom. The number of ether oxygens (including phenoxy) is 2. The molecule has 0 amide bonds. The van der Waals surface area contributed by atoms with Crippen molar-refractivity contribution in [3.8, 4) is 0 Å². The fraction of sp³-hybridized carbons (Fsp3) is 0.625. The Hall–Kier alpha value is -0.900. The van der Waals surface area contributed by atoms with Crippen molar-refractivity contribution in [3.63, 3.8) is 0 Å². The quantitative estimate of drug-likeness (QED) is 0.732. The molecule has 0 spiro atoms. The molecule has 0 aromatic heterocycles. The Labute approximate surface area is 117 Å². The zero-order valence-electron chi connectivity index (χ0n) is 12.8. The summed E-state index contributed by atoms with van der Waals surface area (Å²) in [6.45, 7) is 7.32. The van der Waals surface area contributed by atoms with Crippen LogP contribution in [-0.2, 0) is 15.9 Å². The highest BCUT2D eigenvalue weighted by molar-refractivity contribution is 5.25. The maximum atomic E-state index is 5.16. The van der Waals surface area contributed by atoms with Gasteiger partial charge in [0.1, 0.15) is 0 Å². The van der Waals surface area contributed by atoms with Gasteiger partial charge in [-0.2, -0.15) is 0 Å². The highest BCUT2D eigenvalue weighted by Gasteiger charge is 2.09. The molecule has 3 nitrogen and oxygen atoms in total. The normalized spacial score (nSPS) is 13.2. The molecule has 0 aliphatic heterocycles. The van der Waals surface area contributed by atoms with Crippen molar-refractivity contribution in [1.29, 1.82) is 0 Å². The van der Waals surface area contributed by atoms with E-state index in [1.807, 2.05) is 0 Å². The molecular weight excluding hydrogens is 238 g/mol. The smallest absolute Gasteiger partial charge is 0.169 e. The topological polar surface area (TPSA) is 30.5 Å². The Morgan fingerprint density at radius 3 is 2.05 bits per heavy atom. The zero-order valence-corrected chi connectivity index (χ0v) is 12.8. The van der Waals surface area contributed by atoms with Crippen LogP contribution >= 0.6 is 0 Å². The predicted octanol–water partition coefficient (Wildman–Crippen LogP) is 3.15. The second-order valence-corrected chi connectivity index (χ2v) is 5.37. The fourth-order valence-corrected chi connectivity index (χ4v) is 2.07. The highest BCUT2D eigenvalue weighted by atomic mass is 16.7. The van der Waals surface area contributed by atoms with Crippen LogP contribution in [0.1, 0.15) is 37.9 Å². The third-order valence-electron chi connectivity index (χ3n) is 3.24. The second kappa shape index (κ2) is 8.31. The van der Waals surface area contributed by atoms with Crippen molar-refractivity contribution < 1.29 is 9.47 Å². The number of nitrogens with one attached hydrogen (secondary N) is 1. The van der Waals surface area contributed by atoms with Crippen molar-refractivity contribution in [2.24, 2.45) is 5.92 Å². The summed E-state index contributed by atoms with van der Waals surface area (Å²) in [6, 6.07) is 9.13. The first-order chi connectivity index (χ1) is 9.06. The molecule has 1 rings (SSSR count). The summed E-state index contributed by atoms with van der Waals surface area (Å²) in [5.41, 5.74) is 2.69. The molecule has 1 atom stereocenters. The summed E-state index contributed by atoms with van der Waals surface area (Å²) in [5, 5.41) is 3.41. The van der Waals surface area contributed by atoms with Crippen LogP contribution in [0.15, 0.2) is 24.3 Å². The van der Waals surface area contributed by atoms with Crippen LogP contribution in [0.25, 0.3) is 0 Å². The molecule has 0 radical (unpaired) electrons. The van der Waals surface area contributed by atoms with Gasteiger partial charge in [-0.15, -0.1) is 0 Å². The van der Waals surface area contributed by atoms with E-state index in [9.17, 15) is 0 Å². The lowest BCUT2D eigenvalue weighted by Crippen LogP contribution is -2.31. The predicted molar refractivity (Wildman–Crippen MR) is 79.2 cm³/mol. The summed E-state index contributed by atoms with van der Waals surface area (Å²) in [7, 11) is 3.31. The van der Waals surface area contributed by atoms with Crippen LogP contribution in [0.3, 0.4) is 0 Å². The van der Waals surface area contributed by atoms with Gasteiger partial charge in [0.15, 0.2) is 6.29 Å². The van der Waals surface area contributed by atoms with Gasteiger partial charge < -0.3 is 14.8 Å². The molecule has 0 fully saturated rings. The lowest BCUT2D eigenvalue weighted by atomic mass is 10.00. The molecule has 0 aliphatic carbocycles. The minimum absolute atomic E-state index is 0.192. The van der Waals surface area contributed by atoms with Crippen molar-refractivity contribution >= 4 is 0 Å². The second-order valence-electron chi connectivity index (χ2n) is 5.37. The summed E-state index contributed by atoms with van der Waals surface area (Å²) >= 11 is 0. The molecular formula is C16H27NO2. The first-order valence-electron chi connectivity index (χ1n) is 6.94. The van der Waals surface area contributed by atoms with Gasteiger partial charge in [-0.25, -0.2) is 0 Å². The first-order valence-corrected chi connectivity index (χ1v) is 6.94. The minimum atomic E-state index is -0.192. The molecule has 1 aromatic carbocycles. The molecule has 0 saturated heterocycles. The lowest BCUT2D eigenvalue weighted by molar-refractivity contribution is -0.0997. The average molecular weight is 265 g/mol. The van der Waals surface area contributed by atoms with Gasteiger partial charge in [0.05, 0.1) is 0 Å². The molecule has 3 heteroatoms. The van der Waals surface area contributed by atoms with Crippen LogP contribution < -0.4 is 5.32 Å². The van der Waals surface area contributed by atoms with Gasteiger partial charge >= 0.3 is 0 Å². The van der Waals surface area contributed by atoms with Gasteiger partial charge in [-0.1, -0.05) is 38.1 Å². The Balaban J connectivity index is 2.50. The monoisotopic (exact) mass is 265 g/mol. The minimum Gasteiger partial charge on any atom is -0.355 e. The maximum absolute atomic E-state index is 5.16. The Morgan fingerprint density at radius 2 is 1.58 bits per heavy atom. The number of benzene rings is 1. The van der Waals surface area contributed by atoms with Crippen molar-refractivity contribution in [2.45, 2.75) is 39.5 Å². The molecule has 1 aromatic rings. The van der Waals surface area contributed by atoms with Gasteiger partial charge in [-0.3, -0.25) is 0 Å². The van der Waals surface area contributed by atoms with Crippen LogP contribution in [0.2, 0.25) is 0 Å². The van der Waals surface area contributed by atoms with Gasteiger partial charge in [0.2, 0.25) is 0 Å². The van der Waals surface area contributed by atoms with E-state index in [1.54, 1.807) is 14.2 Å². The van der Waals surface area contributed by atoms with Gasteiger partial charge in [-0.05, 0) is 30.4 Å². The molecule has 0 heterocycles. The largest absolute Gasteiger partial charge is 0.355 e. The van der Waals surface area contributed by atoms with Gasteiger partial charge in [0, 0.05) is 26.8 Å². The molecule has 108 valence electrons. The van der Waals surface area contributed by atoms with E-state index >= 15 is 0 Å². The van der Waals surface area contributed by atoms with Crippen LogP contribution in [-0.4, -0.2) is 27.1 Å². The van der Waals surface area contributed by atoms with E-state index in [4.69, 9.17) is 9.47 Å². The lowest BCUT2D eigenvalue weighted by Gasteiger charge is -2.19. The highest BCUT2D eigenvalue weighted by Crippen LogP contribution is 2.15. The number of hydrogen-bond donors (Lipinski definition) is 1. The van der Waals surface area contributed by atoms with Gasteiger partial charge in [0.25, 0.3) is 0 Å². The summed E-state index contributed by atoms with van der Waals surface area (Å²) in [6.07, 6.45) is 0.944. The van der Waals surface area contributed by atoms with E-state index in [1.165, 1.54) is 11.1 Å². The molecule has 1 unspecified atom stereocenters. The molecule has 0 saturated carbocycles. The standard InChI is InChI=1S/C16H27NO2/c1-12(2)10-14-6-8-15(9-7-14)13(3)17-11-16(18-4)19-5/h6-9,12-13,16-17H,10-11H2,1-5H3. The summed E-state index contributed by atoms with van der Waals surface area (Å²) in [5.74, 6) is 0.700. The summed E-state index contributed by atoms with van der Waals surface area (Å²) in [4.78, 5) is 0. The van der Waals surface area contributed by atoms with Crippen molar-refractivity contribution in [2.75, 3.05) is 20.8 Å². The Bertz CT molecular complexity index is 344. The first kappa shape index (κ1) is 16.2.